The van der Waals surface area contributed by atoms with E-state index in [9.17, 15) is 0 Å². The van der Waals surface area contributed by atoms with E-state index in [2.05, 4.69) is 29.0 Å². The summed E-state index contributed by atoms with van der Waals surface area (Å²) in [7, 11) is 0. The Morgan fingerprint density at radius 3 is 2.53 bits per heavy atom. The third-order valence-corrected chi connectivity index (χ3v) is 5.04. The summed E-state index contributed by atoms with van der Waals surface area (Å²) in [6, 6.07) is 2.42. The molecule has 3 aliphatic heterocycles. The van der Waals surface area contributed by atoms with E-state index in [0.29, 0.717) is 0 Å². The molecule has 0 saturated carbocycles. The quantitative estimate of drug-likeness (QED) is 0.794. The smallest absolute Gasteiger partial charge is 0.0236 e. The summed E-state index contributed by atoms with van der Waals surface area (Å²) in [5.74, 6) is 0.962. The monoisotopic (exact) mass is 237 g/mol. The first-order valence-corrected chi connectivity index (χ1v) is 7.44. The van der Waals surface area contributed by atoms with Crippen molar-refractivity contribution < 1.29 is 0 Å². The van der Waals surface area contributed by atoms with Crippen LogP contribution in [0.4, 0.5) is 0 Å². The Morgan fingerprint density at radius 1 is 1.24 bits per heavy atom. The van der Waals surface area contributed by atoms with Gasteiger partial charge in [0.2, 0.25) is 0 Å². The highest BCUT2D eigenvalue weighted by Gasteiger charge is 2.38. The van der Waals surface area contributed by atoms with Gasteiger partial charge in [0.05, 0.1) is 0 Å². The Morgan fingerprint density at radius 2 is 2.00 bits per heavy atom. The number of nitrogens with zero attached hydrogens (tertiary/aromatic N) is 2. The molecule has 0 aromatic rings. The molecular formula is C14H27N3. The predicted octanol–water partition coefficient (Wildman–Crippen LogP) is 1.15. The summed E-state index contributed by atoms with van der Waals surface area (Å²) in [6.07, 6.45) is 4.24. The minimum atomic E-state index is 0.739. The van der Waals surface area contributed by atoms with Gasteiger partial charge in [0.25, 0.3) is 0 Å². The molecule has 3 saturated heterocycles. The zero-order valence-corrected chi connectivity index (χ0v) is 11.4. The van der Waals surface area contributed by atoms with Crippen molar-refractivity contribution >= 4 is 0 Å². The van der Waals surface area contributed by atoms with Gasteiger partial charge in [-0.05, 0) is 52.1 Å². The maximum atomic E-state index is 3.60. The van der Waals surface area contributed by atoms with Crippen molar-refractivity contribution in [2.24, 2.45) is 5.92 Å². The SMILES string of the molecule is CC(C)N1CCC(CN2C[C@@H]3CC2CN3)CC1. The molecule has 98 valence electrons. The van der Waals surface area contributed by atoms with Gasteiger partial charge in [0.15, 0.2) is 0 Å². The molecule has 0 aromatic heterocycles. The normalized spacial score (nSPS) is 36.2. The van der Waals surface area contributed by atoms with E-state index in [4.69, 9.17) is 0 Å². The number of rotatable bonds is 3. The Balaban J connectivity index is 1.45. The van der Waals surface area contributed by atoms with Crippen molar-refractivity contribution in [1.82, 2.24) is 15.1 Å². The van der Waals surface area contributed by atoms with Crippen LogP contribution in [0.15, 0.2) is 0 Å². The molecule has 3 heteroatoms. The van der Waals surface area contributed by atoms with E-state index in [0.717, 1.165) is 24.0 Å². The first-order valence-electron chi connectivity index (χ1n) is 7.44. The van der Waals surface area contributed by atoms with Crippen LogP contribution in [0.1, 0.15) is 33.1 Å². The molecule has 0 spiro atoms. The molecule has 3 nitrogen and oxygen atoms in total. The summed E-state index contributed by atoms with van der Waals surface area (Å²) in [6.45, 7) is 11.2. The van der Waals surface area contributed by atoms with Crippen LogP contribution < -0.4 is 5.32 Å². The Bertz CT molecular complexity index is 258. The Labute approximate surface area is 106 Å². The molecule has 2 bridgehead atoms. The number of hydrogen-bond acceptors (Lipinski definition) is 3. The molecule has 0 aliphatic carbocycles. The molecule has 0 amide bonds. The molecule has 1 unspecified atom stereocenters. The van der Waals surface area contributed by atoms with Crippen molar-refractivity contribution in [3.63, 3.8) is 0 Å². The average molecular weight is 237 g/mol. The van der Waals surface area contributed by atoms with Crippen LogP contribution in [0, 0.1) is 5.92 Å². The highest BCUT2D eigenvalue weighted by atomic mass is 15.3. The van der Waals surface area contributed by atoms with Gasteiger partial charge in [-0.1, -0.05) is 0 Å². The zero-order valence-electron chi connectivity index (χ0n) is 11.4. The van der Waals surface area contributed by atoms with Crippen LogP contribution >= 0.6 is 0 Å². The minimum Gasteiger partial charge on any atom is -0.311 e. The molecule has 3 fully saturated rings. The van der Waals surface area contributed by atoms with E-state index in [1.165, 1.54) is 52.0 Å². The average Bonchev–Trinajstić information content (AvgIpc) is 2.91. The summed E-state index contributed by atoms with van der Waals surface area (Å²) >= 11 is 0. The number of likely N-dealkylation sites (tertiary alicyclic amines) is 2. The first-order chi connectivity index (χ1) is 8.22. The van der Waals surface area contributed by atoms with Crippen molar-refractivity contribution in [2.75, 3.05) is 32.7 Å². The van der Waals surface area contributed by atoms with Crippen molar-refractivity contribution in [2.45, 2.75) is 51.2 Å². The Kier molecular flexibility index (Phi) is 3.42. The lowest BCUT2D eigenvalue weighted by atomic mass is 9.95. The molecule has 3 heterocycles. The van der Waals surface area contributed by atoms with Gasteiger partial charge < -0.3 is 10.2 Å². The molecule has 3 rings (SSSR count). The molecule has 17 heavy (non-hydrogen) atoms. The highest BCUT2D eigenvalue weighted by Crippen LogP contribution is 2.27. The maximum Gasteiger partial charge on any atom is 0.0236 e. The van der Waals surface area contributed by atoms with Crippen LogP contribution in [0.5, 0.6) is 0 Å². The minimum absolute atomic E-state index is 0.739. The number of hydrogen-bond donors (Lipinski definition) is 1. The second-order valence-corrected chi connectivity index (χ2v) is 6.52. The van der Waals surface area contributed by atoms with Gasteiger partial charge >= 0.3 is 0 Å². The number of nitrogens with one attached hydrogen (secondary N) is 1. The third-order valence-electron chi connectivity index (χ3n) is 5.04. The lowest BCUT2D eigenvalue weighted by Crippen LogP contribution is -2.47. The predicted molar refractivity (Wildman–Crippen MR) is 71.2 cm³/mol. The fourth-order valence-electron chi connectivity index (χ4n) is 3.85. The molecule has 3 aliphatic rings. The van der Waals surface area contributed by atoms with Crippen molar-refractivity contribution in [1.29, 1.82) is 0 Å². The van der Waals surface area contributed by atoms with Crippen LogP contribution in [0.2, 0.25) is 0 Å². The summed E-state index contributed by atoms with van der Waals surface area (Å²) in [5, 5.41) is 3.60. The van der Waals surface area contributed by atoms with Crippen LogP contribution in [0.25, 0.3) is 0 Å². The van der Waals surface area contributed by atoms with E-state index >= 15 is 0 Å². The first kappa shape index (κ1) is 11.9. The van der Waals surface area contributed by atoms with Gasteiger partial charge in [-0.2, -0.15) is 0 Å². The van der Waals surface area contributed by atoms with Gasteiger partial charge in [-0.15, -0.1) is 0 Å². The largest absolute Gasteiger partial charge is 0.311 e. The molecule has 2 atom stereocenters. The second kappa shape index (κ2) is 4.87. The second-order valence-electron chi connectivity index (χ2n) is 6.52. The zero-order chi connectivity index (χ0) is 11.8. The fraction of sp³-hybridized carbons (Fsp3) is 1.00. The standard InChI is InChI=1S/C14H27N3/c1-11(2)16-5-3-12(4-6-16)9-17-10-13-7-14(17)8-15-13/h11-15H,3-10H2,1-2H3/t13-,14?/m0/s1. The third kappa shape index (κ3) is 2.51. The summed E-state index contributed by atoms with van der Waals surface area (Å²) < 4.78 is 0. The molecule has 0 radical (unpaired) electrons. The lowest BCUT2D eigenvalue weighted by Gasteiger charge is -2.37. The van der Waals surface area contributed by atoms with Crippen LogP contribution in [-0.4, -0.2) is 60.6 Å². The number of fused-ring (bicyclic) bond motifs is 2. The van der Waals surface area contributed by atoms with Crippen molar-refractivity contribution in [3.05, 3.63) is 0 Å². The summed E-state index contributed by atoms with van der Waals surface area (Å²) in [4.78, 5) is 5.39. The van der Waals surface area contributed by atoms with Gasteiger partial charge in [0, 0.05) is 37.8 Å². The van der Waals surface area contributed by atoms with Gasteiger partial charge in [-0.3, -0.25) is 4.90 Å². The maximum absolute atomic E-state index is 3.60. The molecule has 0 aromatic carbocycles. The summed E-state index contributed by atoms with van der Waals surface area (Å²) in [5.41, 5.74) is 0. The van der Waals surface area contributed by atoms with Gasteiger partial charge in [-0.25, -0.2) is 0 Å². The van der Waals surface area contributed by atoms with Gasteiger partial charge in [0.1, 0.15) is 0 Å². The lowest BCUT2D eigenvalue weighted by molar-refractivity contribution is 0.112. The Hall–Kier alpha value is -0.120. The number of piperidine rings is 1. The topological polar surface area (TPSA) is 18.5 Å². The van der Waals surface area contributed by atoms with Crippen molar-refractivity contribution in [3.8, 4) is 0 Å². The molecular weight excluding hydrogens is 210 g/mol. The van der Waals surface area contributed by atoms with Crippen LogP contribution in [0.3, 0.4) is 0 Å². The fourth-order valence-corrected chi connectivity index (χ4v) is 3.85. The number of piperazine rings is 1. The van der Waals surface area contributed by atoms with E-state index < -0.39 is 0 Å². The highest BCUT2D eigenvalue weighted by molar-refractivity contribution is 4.98. The van der Waals surface area contributed by atoms with Crippen LogP contribution in [-0.2, 0) is 0 Å². The van der Waals surface area contributed by atoms with E-state index in [-0.39, 0.29) is 0 Å². The molecule has 1 N–H and O–H groups in total. The van der Waals surface area contributed by atoms with E-state index in [1.54, 1.807) is 0 Å². The van der Waals surface area contributed by atoms with E-state index in [1.807, 2.05) is 0 Å².